The number of ether oxygens (including phenoxy) is 1. The van der Waals surface area contributed by atoms with E-state index in [1.165, 1.54) is 51.9 Å². The van der Waals surface area contributed by atoms with Gasteiger partial charge in [-0.3, -0.25) is 9.69 Å². The number of hydrogen-bond acceptors (Lipinski definition) is 6. The van der Waals surface area contributed by atoms with Gasteiger partial charge < -0.3 is 10.1 Å². The van der Waals surface area contributed by atoms with Gasteiger partial charge in [-0.2, -0.15) is 4.99 Å². The molecule has 3 amide bonds. The summed E-state index contributed by atoms with van der Waals surface area (Å²) in [6.45, 7) is 4.40. The van der Waals surface area contributed by atoms with Gasteiger partial charge in [0.05, 0.1) is 17.1 Å². The Morgan fingerprint density at radius 2 is 1.80 bits per heavy atom. The largest absolute Gasteiger partial charge is 0.573 e. The second kappa shape index (κ2) is 13.3. The maximum absolute atomic E-state index is 12.8. The van der Waals surface area contributed by atoms with Crippen molar-refractivity contribution in [3.8, 4) is 22.8 Å². The monoisotopic (exact) mass is 622 g/mol. The highest BCUT2D eigenvalue weighted by molar-refractivity contribution is 8.15. The molecule has 0 aliphatic carbocycles. The van der Waals surface area contributed by atoms with Gasteiger partial charge in [-0.05, 0) is 54.3 Å². The molecule has 1 aromatic heterocycles. The number of carbonyl (C=O) groups is 2. The number of aromatic nitrogens is 3. The van der Waals surface area contributed by atoms with Crippen LogP contribution in [0.3, 0.4) is 0 Å². The first-order valence-electron chi connectivity index (χ1n) is 13.9. The quantitative estimate of drug-likeness (QED) is 0.222. The number of hydrogen-bond donors (Lipinski definition) is 1. The molecule has 1 unspecified atom stereocenters. The molecule has 1 atom stereocenters. The van der Waals surface area contributed by atoms with Crippen molar-refractivity contribution >= 4 is 34.6 Å². The Morgan fingerprint density at radius 3 is 2.48 bits per heavy atom. The van der Waals surface area contributed by atoms with Crippen molar-refractivity contribution in [3.63, 3.8) is 0 Å². The summed E-state index contributed by atoms with van der Waals surface area (Å²) < 4.78 is 42.6. The van der Waals surface area contributed by atoms with Crippen molar-refractivity contribution in [1.82, 2.24) is 20.1 Å². The van der Waals surface area contributed by atoms with E-state index in [2.05, 4.69) is 25.1 Å². The molecule has 1 saturated heterocycles. The number of halogens is 3. The average molecular weight is 623 g/mol. The van der Waals surface area contributed by atoms with Crippen LogP contribution in [-0.2, 0) is 11.2 Å². The second-order valence-electron chi connectivity index (χ2n) is 9.86. The molecule has 5 rings (SSSR count). The SMILES string of the molecule is CCc1ccccc1N1C(=O)CSC1=NC(=O)NCC(CC)c1ccc(-c2ncn(-c3ccc(OC(F)(F)F)cc3)n2)cc1. The number of rotatable bonds is 9. The number of aliphatic imine (C=N–C) groups is 1. The van der Waals surface area contributed by atoms with E-state index in [0.717, 1.165) is 35.2 Å². The topological polar surface area (TPSA) is 102 Å². The Labute approximate surface area is 256 Å². The van der Waals surface area contributed by atoms with Crippen LogP contribution in [0, 0.1) is 0 Å². The van der Waals surface area contributed by atoms with E-state index in [1.54, 1.807) is 0 Å². The minimum absolute atomic E-state index is 0.0194. The van der Waals surface area contributed by atoms with Gasteiger partial charge in [0.2, 0.25) is 5.91 Å². The zero-order valence-electron chi connectivity index (χ0n) is 23.9. The molecular weight excluding hydrogens is 593 g/mol. The van der Waals surface area contributed by atoms with Crippen molar-refractivity contribution in [3.05, 3.63) is 90.3 Å². The molecule has 0 bridgehead atoms. The number of nitrogens with zero attached hydrogens (tertiary/aromatic N) is 5. The summed E-state index contributed by atoms with van der Waals surface area (Å²) in [5.74, 6) is 0.262. The van der Waals surface area contributed by atoms with Gasteiger partial charge in [0, 0.05) is 18.0 Å². The van der Waals surface area contributed by atoms with Gasteiger partial charge >= 0.3 is 12.4 Å². The van der Waals surface area contributed by atoms with E-state index in [0.29, 0.717) is 23.2 Å². The van der Waals surface area contributed by atoms with E-state index in [-0.39, 0.29) is 23.3 Å². The smallest absolute Gasteiger partial charge is 0.406 e. The third-order valence-corrected chi connectivity index (χ3v) is 7.96. The summed E-state index contributed by atoms with van der Waals surface area (Å²) in [5, 5.41) is 7.69. The first-order chi connectivity index (χ1) is 21.1. The molecule has 0 saturated carbocycles. The fraction of sp³-hybridized carbons (Fsp3) is 0.258. The van der Waals surface area contributed by atoms with Gasteiger partial charge in [0.25, 0.3) is 0 Å². The summed E-state index contributed by atoms with van der Waals surface area (Å²) in [7, 11) is 0. The number of alkyl halides is 3. The molecule has 0 spiro atoms. The van der Waals surface area contributed by atoms with Crippen molar-refractivity contribution < 1.29 is 27.5 Å². The third kappa shape index (κ3) is 7.28. The van der Waals surface area contributed by atoms with E-state index in [9.17, 15) is 22.8 Å². The standard InChI is InChI=1S/C31H29F3N6O3S/c1-3-20-7-5-6-8-26(20)40-27(41)18-44-30(40)37-29(42)35-17-21(4-2)22-9-11-23(12-10-22)28-36-19-39(38-28)24-13-15-25(16-14-24)43-31(32,33)34/h5-16,19,21H,3-4,17-18H2,1-2H3,(H,35,42). The zero-order chi connectivity index (χ0) is 31.3. The van der Waals surface area contributed by atoms with Crippen LogP contribution in [0.4, 0.5) is 23.7 Å². The number of anilines is 1. The van der Waals surface area contributed by atoms with Crippen molar-refractivity contribution in [1.29, 1.82) is 0 Å². The number of nitrogens with one attached hydrogen (secondary N) is 1. The molecule has 1 N–H and O–H groups in total. The van der Waals surface area contributed by atoms with Crippen LogP contribution >= 0.6 is 11.8 Å². The van der Waals surface area contributed by atoms with Gasteiger partial charge in [0.1, 0.15) is 12.1 Å². The van der Waals surface area contributed by atoms with Crippen LogP contribution in [-0.4, -0.2) is 50.5 Å². The lowest BCUT2D eigenvalue weighted by Gasteiger charge is -2.19. The number of urea groups is 1. The Balaban J connectivity index is 1.21. The number of benzene rings is 3. The van der Waals surface area contributed by atoms with Crippen molar-refractivity contribution in [2.45, 2.75) is 39.0 Å². The van der Waals surface area contributed by atoms with Crippen molar-refractivity contribution in [2.24, 2.45) is 4.99 Å². The maximum Gasteiger partial charge on any atom is 0.573 e. The zero-order valence-corrected chi connectivity index (χ0v) is 24.7. The summed E-state index contributed by atoms with van der Waals surface area (Å²) in [6, 6.07) is 20.1. The van der Waals surface area contributed by atoms with E-state index in [1.807, 2.05) is 62.4 Å². The van der Waals surface area contributed by atoms with Gasteiger partial charge in [-0.1, -0.05) is 68.1 Å². The molecule has 1 aliphatic heterocycles. The molecular formula is C31H29F3N6O3S. The number of aryl methyl sites for hydroxylation is 1. The molecule has 2 heterocycles. The molecule has 1 fully saturated rings. The summed E-state index contributed by atoms with van der Waals surface area (Å²) in [6.07, 6.45) is -1.77. The molecule has 44 heavy (non-hydrogen) atoms. The van der Waals surface area contributed by atoms with E-state index < -0.39 is 12.4 Å². The Hall–Kier alpha value is -4.65. The van der Waals surface area contributed by atoms with Gasteiger partial charge in [-0.25, -0.2) is 14.5 Å². The molecule has 0 radical (unpaired) electrons. The lowest BCUT2D eigenvalue weighted by molar-refractivity contribution is -0.274. The number of thioether (sulfide) groups is 1. The molecule has 4 aromatic rings. The average Bonchev–Trinajstić information content (AvgIpc) is 3.64. The maximum atomic E-state index is 12.8. The lowest BCUT2D eigenvalue weighted by atomic mass is 9.95. The highest BCUT2D eigenvalue weighted by atomic mass is 32.2. The normalized spacial score (nSPS) is 15.1. The summed E-state index contributed by atoms with van der Waals surface area (Å²) >= 11 is 1.24. The number of para-hydroxylation sites is 1. The molecule has 228 valence electrons. The molecule has 1 aliphatic rings. The van der Waals surface area contributed by atoms with Crippen LogP contribution in [0.5, 0.6) is 5.75 Å². The van der Waals surface area contributed by atoms with E-state index >= 15 is 0 Å². The second-order valence-corrected chi connectivity index (χ2v) is 10.8. The predicted octanol–water partition coefficient (Wildman–Crippen LogP) is 6.73. The minimum atomic E-state index is -4.76. The van der Waals surface area contributed by atoms with Crippen LogP contribution in [0.2, 0.25) is 0 Å². The van der Waals surface area contributed by atoms with Gasteiger partial charge in [-0.15, -0.1) is 18.3 Å². The Morgan fingerprint density at radius 1 is 1.07 bits per heavy atom. The van der Waals surface area contributed by atoms with Crippen LogP contribution < -0.4 is 15.0 Å². The van der Waals surface area contributed by atoms with Gasteiger partial charge in [0.15, 0.2) is 11.0 Å². The number of amidine groups is 1. The van der Waals surface area contributed by atoms with Crippen LogP contribution in [0.15, 0.2) is 84.1 Å². The first-order valence-corrected chi connectivity index (χ1v) is 14.9. The fourth-order valence-corrected chi connectivity index (χ4v) is 5.63. The van der Waals surface area contributed by atoms with E-state index in [4.69, 9.17) is 0 Å². The third-order valence-electron chi connectivity index (χ3n) is 7.04. The van der Waals surface area contributed by atoms with Crippen LogP contribution in [0.1, 0.15) is 37.3 Å². The molecule has 13 heteroatoms. The number of amides is 3. The Kier molecular flexibility index (Phi) is 9.33. The minimum Gasteiger partial charge on any atom is -0.406 e. The predicted molar refractivity (Wildman–Crippen MR) is 163 cm³/mol. The summed E-state index contributed by atoms with van der Waals surface area (Å²) in [4.78, 5) is 35.5. The summed E-state index contributed by atoms with van der Waals surface area (Å²) in [5.41, 5.74) is 4.04. The van der Waals surface area contributed by atoms with Crippen LogP contribution in [0.25, 0.3) is 17.1 Å². The first kappa shape index (κ1) is 30.8. The highest BCUT2D eigenvalue weighted by Gasteiger charge is 2.32. The number of carbonyl (C=O) groups excluding carboxylic acids is 2. The Bertz CT molecular complexity index is 1660. The molecule has 3 aromatic carbocycles. The van der Waals surface area contributed by atoms with Crippen molar-refractivity contribution in [2.75, 3.05) is 17.2 Å². The highest BCUT2D eigenvalue weighted by Crippen LogP contribution is 2.30. The molecule has 9 nitrogen and oxygen atoms in total. The lowest BCUT2D eigenvalue weighted by Crippen LogP contribution is -2.32. The fourth-order valence-electron chi connectivity index (χ4n) is 4.77.